The van der Waals surface area contributed by atoms with Gasteiger partial charge in [-0.15, -0.1) is 11.3 Å². The molecule has 1 atom stereocenters. The van der Waals surface area contributed by atoms with E-state index in [1.807, 2.05) is 6.07 Å². The Hall–Kier alpha value is -2.51. The highest BCUT2D eigenvalue weighted by Crippen LogP contribution is 2.35. The van der Waals surface area contributed by atoms with E-state index in [0.717, 1.165) is 16.9 Å². The second-order valence-electron chi connectivity index (χ2n) is 5.56. The second-order valence-corrected chi connectivity index (χ2v) is 6.58. The second kappa shape index (κ2) is 8.73. The van der Waals surface area contributed by atoms with Crippen molar-refractivity contribution in [2.24, 2.45) is 0 Å². The average molecular weight is 379 g/mol. The highest BCUT2D eigenvalue weighted by Gasteiger charge is 2.22. The van der Waals surface area contributed by atoms with Gasteiger partial charge in [0.25, 0.3) is 5.91 Å². The van der Waals surface area contributed by atoms with Gasteiger partial charge in [-0.3, -0.25) is 9.63 Å². The number of halogens is 1. The molecule has 0 bridgehead atoms. The van der Waals surface area contributed by atoms with Gasteiger partial charge in [0.2, 0.25) is 0 Å². The van der Waals surface area contributed by atoms with Crippen molar-refractivity contribution in [3.05, 3.63) is 45.6 Å². The van der Waals surface area contributed by atoms with Gasteiger partial charge in [0.05, 0.1) is 17.9 Å². The Kier molecular flexibility index (Phi) is 6.65. The number of thiophene rings is 1. The SMILES string of the molecule is Cc1ccc(Nc2sc(C#N)c(C)c2C(=O)NOCC(O)CO)c(F)c1. The van der Waals surface area contributed by atoms with Crippen molar-refractivity contribution >= 4 is 27.9 Å². The Morgan fingerprint density at radius 1 is 1.46 bits per heavy atom. The summed E-state index contributed by atoms with van der Waals surface area (Å²) >= 11 is 1.02. The molecule has 0 saturated carbocycles. The molecule has 0 spiro atoms. The standard InChI is InChI=1S/C17H18FN3O4S/c1-9-3-4-13(12(18)5-9)20-17-15(10(2)14(6-19)26-17)16(24)21-25-8-11(23)7-22/h3-5,11,20,22-23H,7-8H2,1-2H3,(H,21,24). The van der Waals surface area contributed by atoms with E-state index in [2.05, 4.69) is 10.8 Å². The highest BCUT2D eigenvalue weighted by molar-refractivity contribution is 7.17. The minimum atomic E-state index is -1.13. The fraction of sp³-hybridized carbons (Fsp3) is 0.294. The van der Waals surface area contributed by atoms with Crippen LogP contribution in [0.4, 0.5) is 15.1 Å². The summed E-state index contributed by atoms with van der Waals surface area (Å²) < 4.78 is 14.1. The van der Waals surface area contributed by atoms with Gasteiger partial charge in [0.15, 0.2) is 0 Å². The number of hydrogen-bond donors (Lipinski definition) is 4. The van der Waals surface area contributed by atoms with Crippen LogP contribution in [0.5, 0.6) is 0 Å². The molecule has 0 aliphatic heterocycles. The van der Waals surface area contributed by atoms with Crippen molar-refractivity contribution in [1.82, 2.24) is 5.48 Å². The van der Waals surface area contributed by atoms with Gasteiger partial charge in [-0.2, -0.15) is 5.26 Å². The predicted octanol–water partition coefficient (Wildman–Crippen LogP) is 2.13. The molecular formula is C17H18FN3O4S. The molecular weight excluding hydrogens is 361 g/mol. The quantitative estimate of drug-likeness (QED) is 0.548. The first kappa shape index (κ1) is 19.8. The Morgan fingerprint density at radius 3 is 2.81 bits per heavy atom. The van der Waals surface area contributed by atoms with Crippen LogP contribution in [0.15, 0.2) is 18.2 Å². The number of benzene rings is 1. The molecule has 1 amide bonds. The molecule has 0 fully saturated rings. The molecule has 1 aromatic heterocycles. The normalized spacial score (nSPS) is 11.7. The van der Waals surface area contributed by atoms with E-state index in [1.54, 1.807) is 26.0 Å². The Bertz CT molecular complexity index is 847. The number of amides is 1. The summed E-state index contributed by atoms with van der Waals surface area (Å²) in [5, 5.41) is 30.3. The lowest BCUT2D eigenvalue weighted by atomic mass is 10.1. The lowest BCUT2D eigenvalue weighted by molar-refractivity contribution is -0.0295. The smallest absolute Gasteiger partial charge is 0.278 e. The number of nitrogens with zero attached hydrogens (tertiary/aromatic N) is 1. The van der Waals surface area contributed by atoms with E-state index in [0.29, 0.717) is 15.4 Å². The van der Waals surface area contributed by atoms with Gasteiger partial charge in [-0.1, -0.05) is 6.07 Å². The van der Waals surface area contributed by atoms with Crippen LogP contribution in [0.1, 0.15) is 26.4 Å². The Balaban J connectivity index is 2.26. The minimum Gasteiger partial charge on any atom is -0.394 e. The van der Waals surface area contributed by atoms with Crippen LogP contribution in [-0.2, 0) is 4.84 Å². The van der Waals surface area contributed by atoms with Crippen LogP contribution in [0, 0.1) is 31.0 Å². The van der Waals surface area contributed by atoms with Crippen molar-refractivity contribution in [2.45, 2.75) is 20.0 Å². The first-order valence-electron chi connectivity index (χ1n) is 7.65. The fourth-order valence-corrected chi connectivity index (χ4v) is 3.15. The van der Waals surface area contributed by atoms with Crippen LogP contribution in [-0.4, -0.2) is 35.4 Å². The van der Waals surface area contributed by atoms with E-state index >= 15 is 0 Å². The molecule has 1 unspecified atom stereocenters. The summed E-state index contributed by atoms with van der Waals surface area (Å²) in [5.41, 5.74) is 3.64. The zero-order valence-corrected chi connectivity index (χ0v) is 15.0. The van der Waals surface area contributed by atoms with Crippen molar-refractivity contribution in [2.75, 3.05) is 18.5 Å². The number of carbonyl (C=O) groups is 1. The summed E-state index contributed by atoms with van der Waals surface area (Å²) in [5.74, 6) is -1.14. The largest absolute Gasteiger partial charge is 0.394 e. The van der Waals surface area contributed by atoms with Gasteiger partial charge in [0, 0.05) is 0 Å². The van der Waals surface area contributed by atoms with Gasteiger partial charge in [0.1, 0.15) is 34.5 Å². The predicted molar refractivity (Wildman–Crippen MR) is 94.7 cm³/mol. The Labute approximate surface area is 153 Å². The number of rotatable bonds is 7. The van der Waals surface area contributed by atoms with E-state index in [-0.39, 0.29) is 17.9 Å². The van der Waals surface area contributed by atoms with Crippen LogP contribution in [0.3, 0.4) is 0 Å². The first-order chi connectivity index (χ1) is 12.4. The summed E-state index contributed by atoms with van der Waals surface area (Å²) in [6.45, 7) is 2.55. The van der Waals surface area contributed by atoms with E-state index < -0.39 is 24.4 Å². The maximum absolute atomic E-state index is 14.1. The monoisotopic (exact) mass is 379 g/mol. The molecule has 138 valence electrons. The number of anilines is 2. The zero-order valence-electron chi connectivity index (χ0n) is 14.2. The lowest BCUT2D eigenvalue weighted by Gasteiger charge is -2.11. The molecule has 0 aliphatic carbocycles. The minimum absolute atomic E-state index is 0.144. The van der Waals surface area contributed by atoms with Crippen molar-refractivity contribution in [3.8, 4) is 6.07 Å². The number of aryl methyl sites for hydroxylation is 1. The average Bonchev–Trinajstić information content (AvgIpc) is 2.92. The number of hydroxylamine groups is 1. The molecule has 0 aliphatic rings. The van der Waals surface area contributed by atoms with E-state index in [9.17, 15) is 19.6 Å². The van der Waals surface area contributed by atoms with Crippen molar-refractivity contribution in [1.29, 1.82) is 5.26 Å². The highest BCUT2D eigenvalue weighted by atomic mass is 32.1. The lowest BCUT2D eigenvalue weighted by Crippen LogP contribution is -2.30. The number of nitriles is 1. The van der Waals surface area contributed by atoms with Crippen molar-refractivity contribution < 1.29 is 24.2 Å². The summed E-state index contributed by atoms with van der Waals surface area (Å²) in [6, 6.07) is 6.61. The van der Waals surface area contributed by atoms with Gasteiger partial charge >= 0.3 is 0 Å². The van der Waals surface area contributed by atoms with Gasteiger partial charge in [-0.25, -0.2) is 9.87 Å². The summed E-state index contributed by atoms with van der Waals surface area (Å²) in [4.78, 5) is 17.6. The molecule has 2 aromatic rings. The van der Waals surface area contributed by atoms with E-state index in [1.165, 1.54) is 6.07 Å². The molecule has 1 heterocycles. The number of carbonyl (C=O) groups excluding carboxylic acids is 1. The maximum Gasteiger partial charge on any atom is 0.278 e. The third kappa shape index (κ3) is 4.56. The van der Waals surface area contributed by atoms with Crippen LogP contribution in [0.2, 0.25) is 0 Å². The zero-order chi connectivity index (χ0) is 19.3. The summed E-state index contributed by atoms with van der Waals surface area (Å²) in [7, 11) is 0. The van der Waals surface area contributed by atoms with Gasteiger partial charge in [-0.05, 0) is 37.1 Å². The third-order valence-electron chi connectivity index (χ3n) is 3.50. The summed E-state index contributed by atoms with van der Waals surface area (Å²) in [6.07, 6.45) is -1.13. The number of hydrogen-bond acceptors (Lipinski definition) is 7. The topological polar surface area (TPSA) is 115 Å². The number of nitrogens with one attached hydrogen (secondary N) is 2. The molecule has 2 rings (SSSR count). The third-order valence-corrected chi connectivity index (χ3v) is 4.61. The van der Waals surface area contributed by atoms with Crippen molar-refractivity contribution in [3.63, 3.8) is 0 Å². The van der Waals surface area contributed by atoms with Crippen LogP contribution in [0.25, 0.3) is 0 Å². The van der Waals surface area contributed by atoms with E-state index in [4.69, 9.17) is 9.94 Å². The first-order valence-corrected chi connectivity index (χ1v) is 8.46. The Morgan fingerprint density at radius 2 is 2.19 bits per heavy atom. The molecule has 1 aromatic carbocycles. The number of aliphatic hydroxyl groups excluding tert-OH is 2. The molecule has 0 saturated heterocycles. The van der Waals surface area contributed by atoms with Crippen LogP contribution >= 0.6 is 11.3 Å². The van der Waals surface area contributed by atoms with Gasteiger partial charge < -0.3 is 15.5 Å². The molecule has 4 N–H and O–H groups in total. The molecule has 0 radical (unpaired) electrons. The number of aliphatic hydroxyl groups is 2. The maximum atomic E-state index is 14.1. The molecule has 26 heavy (non-hydrogen) atoms. The van der Waals surface area contributed by atoms with Crippen LogP contribution < -0.4 is 10.8 Å². The fourth-order valence-electron chi connectivity index (χ4n) is 2.13. The molecule has 7 nitrogen and oxygen atoms in total. The molecule has 9 heteroatoms.